The summed E-state index contributed by atoms with van der Waals surface area (Å²) < 4.78 is 5.79. The number of anilines is 1. The van der Waals surface area contributed by atoms with Gasteiger partial charge in [0.15, 0.2) is 0 Å². The van der Waals surface area contributed by atoms with E-state index in [9.17, 15) is 4.79 Å². The first-order chi connectivity index (χ1) is 8.01. The Balaban J connectivity index is 2.86. The number of esters is 1. The largest absolute Gasteiger partial charge is 0.463 e. The summed E-state index contributed by atoms with van der Waals surface area (Å²) in [6, 6.07) is 9.13. The van der Waals surface area contributed by atoms with E-state index in [2.05, 4.69) is 21.2 Å². The Bertz CT molecular complexity index is 439. The predicted octanol–water partition coefficient (Wildman–Crippen LogP) is 2.71. The molecule has 5 heteroatoms. The molecule has 17 heavy (non-hydrogen) atoms. The fourth-order valence-corrected chi connectivity index (χ4v) is 1.49. The first-order valence-corrected chi connectivity index (χ1v) is 5.93. The van der Waals surface area contributed by atoms with Crippen molar-refractivity contribution >= 4 is 27.6 Å². The van der Waals surface area contributed by atoms with Crippen molar-refractivity contribution in [2.75, 3.05) is 11.9 Å². The molecule has 0 radical (unpaired) electrons. The average molecular weight is 297 g/mol. The smallest absolute Gasteiger partial charge is 0.346 e. The van der Waals surface area contributed by atoms with Gasteiger partial charge in [-0.2, -0.15) is 5.26 Å². The number of hydrogen-bond donors (Lipinski definition) is 1. The second-order valence-electron chi connectivity index (χ2n) is 3.59. The van der Waals surface area contributed by atoms with Crippen molar-refractivity contribution in [1.82, 2.24) is 0 Å². The van der Waals surface area contributed by atoms with Gasteiger partial charge in [-0.05, 0) is 38.1 Å². The van der Waals surface area contributed by atoms with Gasteiger partial charge in [0.05, 0.1) is 6.61 Å². The summed E-state index contributed by atoms with van der Waals surface area (Å²) in [6.07, 6.45) is 0. The van der Waals surface area contributed by atoms with Crippen LogP contribution in [0, 0.1) is 11.3 Å². The van der Waals surface area contributed by atoms with E-state index in [1.54, 1.807) is 19.1 Å². The molecule has 1 aromatic rings. The molecule has 0 amide bonds. The van der Waals surface area contributed by atoms with E-state index in [0.717, 1.165) is 4.47 Å². The number of benzene rings is 1. The molecule has 0 saturated heterocycles. The van der Waals surface area contributed by atoms with Gasteiger partial charge in [0.1, 0.15) is 6.07 Å². The lowest BCUT2D eigenvalue weighted by atomic mass is 10.0. The zero-order valence-electron chi connectivity index (χ0n) is 9.66. The van der Waals surface area contributed by atoms with Crippen molar-refractivity contribution < 1.29 is 9.53 Å². The molecule has 1 rings (SSSR count). The lowest BCUT2D eigenvalue weighted by molar-refractivity contribution is -0.145. The minimum atomic E-state index is -1.37. The van der Waals surface area contributed by atoms with Gasteiger partial charge < -0.3 is 10.1 Å². The van der Waals surface area contributed by atoms with E-state index in [-0.39, 0.29) is 6.61 Å². The minimum Gasteiger partial charge on any atom is -0.463 e. The van der Waals surface area contributed by atoms with Crippen molar-refractivity contribution in [2.24, 2.45) is 0 Å². The highest BCUT2D eigenvalue weighted by atomic mass is 79.9. The Hall–Kier alpha value is -1.54. The van der Waals surface area contributed by atoms with Gasteiger partial charge in [-0.15, -0.1) is 0 Å². The van der Waals surface area contributed by atoms with E-state index in [0.29, 0.717) is 5.69 Å². The van der Waals surface area contributed by atoms with Gasteiger partial charge >= 0.3 is 5.97 Å². The molecule has 0 heterocycles. The summed E-state index contributed by atoms with van der Waals surface area (Å²) >= 11 is 3.31. The normalized spacial score (nSPS) is 13.3. The number of nitriles is 1. The summed E-state index contributed by atoms with van der Waals surface area (Å²) in [6.45, 7) is 3.44. The van der Waals surface area contributed by atoms with Crippen LogP contribution >= 0.6 is 15.9 Å². The van der Waals surface area contributed by atoms with Gasteiger partial charge in [0, 0.05) is 10.2 Å². The topological polar surface area (TPSA) is 62.1 Å². The number of nitrogens with zero attached hydrogens (tertiary/aromatic N) is 1. The molecule has 1 N–H and O–H groups in total. The molecule has 0 aliphatic heterocycles. The third kappa shape index (κ3) is 3.46. The highest BCUT2D eigenvalue weighted by Crippen LogP contribution is 2.19. The molecule has 0 saturated carbocycles. The second kappa shape index (κ2) is 5.69. The van der Waals surface area contributed by atoms with Gasteiger partial charge in [-0.1, -0.05) is 15.9 Å². The van der Waals surface area contributed by atoms with Crippen LogP contribution < -0.4 is 5.32 Å². The average Bonchev–Trinajstić information content (AvgIpc) is 2.32. The first kappa shape index (κ1) is 13.5. The Labute approximate surface area is 109 Å². The van der Waals surface area contributed by atoms with E-state index >= 15 is 0 Å². The predicted molar refractivity (Wildman–Crippen MR) is 68.4 cm³/mol. The van der Waals surface area contributed by atoms with Crippen LogP contribution in [0.2, 0.25) is 0 Å². The van der Waals surface area contributed by atoms with Gasteiger partial charge in [-0.25, -0.2) is 4.79 Å². The SMILES string of the molecule is CCOC(=O)C(C)(C#N)Nc1ccc(Br)cc1. The molecule has 4 nitrogen and oxygen atoms in total. The van der Waals surface area contributed by atoms with Crippen molar-refractivity contribution in [3.63, 3.8) is 0 Å². The fourth-order valence-electron chi connectivity index (χ4n) is 1.22. The maximum Gasteiger partial charge on any atom is 0.346 e. The number of ether oxygens (including phenoxy) is 1. The van der Waals surface area contributed by atoms with E-state index in [4.69, 9.17) is 10.00 Å². The zero-order chi connectivity index (χ0) is 12.9. The van der Waals surface area contributed by atoms with E-state index in [1.807, 2.05) is 18.2 Å². The molecule has 90 valence electrons. The van der Waals surface area contributed by atoms with Gasteiger partial charge in [0.2, 0.25) is 5.54 Å². The fraction of sp³-hybridized carbons (Fsp3) is 0.333. The molecule has 0 aliphatic carbocycles. The Kier molecular flexibility index (Phi) is 4.53. The molecule has 1 atom stereocenters. The van der Waals surface area contributed by atoms with Crippen LogP contribution in [0.1, 0.15) is 13.8 Å². The first-order valence-electron chi connectivity index (χ1n) is 5.14. The minimum absolute atomic E-state index is 0.248. The third-order valence-corrected chi connectivity index (χ3v) is 2.67. The summed E-state index contributed by atoms with van der Waals surface area (Å²) in [4.78, 5) is 11.7. The van der Waals surface area contributed by atoms with Crippen molar-refractivity contribution in [3.8, 4) is 6.07 Å². The lowest BCUT2D eigenvalue weighted by Gasteiger charge is -2.22. The standard InChI is InChI=1S/C12H13BrN2O2/c1-3-17-11(16)12(2,8-14)15-10-6-4-9(13)5-7-10/h4-7,15H,3H2,1-2H3. The van der Waals surface area contributed by atoms with Crippen LogP contribution in [0.3, 0.4) is 0 Å². The molecule has 0 spiro atoms. The van der Waals surface area contributed by atoms with Crippen LogP contribution in [0.15, 0.2) is 28.7 Å². The maximum atomic E-state index is 11.7. The molecular formula is C12H13BrN2O2. The molecular weight excluding hydrogens is 284 g/mol. The van der Waals surface area contributed by atoms with Crippen LogP contribution in [-0.4, -0.2) is 18.1 Å². The summed E-state index contributed by atoms with van der Waals surface area (Å²) in [7, 11) is 0. The highest BCUT2D eigenvalue weighted by molar-refractivity contribution is 9.10. The summed E-state index contributed by atoms with van der Waals surface area (Å²) in [5.74, 6) is -0.578. The van der Waals surface area contributed by atoms with Crippen LogP contribution in [-0.2, 0) is 9.53 Å². The van der Waals surface area contributed by atoms with Crippen LogP contribution in [0.25, 0.3) is 0 Å². The van der Waals surface area contributed by atoms with Crippen LogP contribution in [0.5, 0.6) is 0 Å². The van der Waals surface area contributed by atoms with Crippen molar-refractivity contribution in [3.05, 3.63) is 28.7 Å². The van der Waals surface area contributed by atoms with Crippen molar-refractivity contribution in [1.29, 1.82) is 5.26 Å². The molecule has 0 aliphatic rings. The number of carbonyl (C=O) groups is 1. The zero-order valence-corrected chi connectivity index (χ0v) is 11.2. The molecule has 1 unspecified atom stereocenters. The van der Waals surface area contributed by atoms with Crippen molar-refractivity contribution in [2.45, 2.75) is 19.4 Å². The molecule has 0 bridgehead atoms. The number of rotatable bonds is 4. The summed E-state index contributed by atoms with van der Waals surface area (Å²) in [5, 5.41) is 11.9. The molecule has 0 aromatic heterocycles. The molecule has 1 aromatic carbocycles. The molecule has 0 fully saturated rings. The lowest BCUT2D eigenvalue weighted by Crippen LogP contribution is -2.43. The van der Waals surface area contributed by atoms with Gasteiger partial charge in [0.25, 0.3) is 0 Å². The van der Waals surface area contributed by atoms with Gasteiger partial charge in [-0.3, -0.25) is 0 Å². The van der Waals surface area contributed by atoms with E-state index in [1.165, 1.54) is 6.92 Å². The number of nitrogens with one attached hydrogen (secondary N) is 1. The number of carbonyl (C=O) groups excluding carboxylic acids is 1. The second-order valence-corrected chi connectivity index (χ2v) is 4.50. The third-order valence-electron chi connectivity index (χ3n) is 2.15. The van der Waals surface area contributed by atoms with E-state index < -0.39 is 11.5 Å². The summed E-state index contributed by atoms with van der Waals surface area (Å²) in [5.41, 5.74) is -0.686. The Morgan fingerprint density at radius 1 is 1.53 bits per heavy atom. The number of hydrogen-bond acceptors (Lipinski definition) is 4. The maximum absolute atomic E-state index is 11.7. The highest BCUT2D eigenvalue weighted by Gasteiger charge is 2.34. The monoisotopic (exact) mass is 296 g/mol. The van der Waals surface area contributed by atoms with Crippen LogP contribution in [0.4, 0.5) is 5.69 Å². The quantitative estimate of drug-likeness (QED) is 0.868. The Morgan fingerprint density at radius 3 is 2.59 bits per heavy atom. The number of halogens is 1. The Morgan fingerprint density at radius 2 is 2.12 bits per heavy atom.